The van der Waals surface area contributed by atoms with Crippen LogP contribution in [0.15, 0.2) is 24.4 Å². The molecule has 1 aromatic heterocycles. The average Bonchev–Trinajstić information content (AvgIpc) is 2.64. The number of rotatable bonds is 14. The molecule has 2 heteroatoms. The molecule has 2 nitrogen and oxygen atoms in total. The van der Waals surface area contributed by atoms with E-state index in [0.29, 0.717) is 0 Å². The normalized spacial score (nSPS) is 10.2. The molecule has 0 aromatic carbocycles. The van der Waals surface area contributed by atoms with Crippen molar-refractivity contribution < 1.29 is 4.57 Å². The van der Waals surface area contributed by atoms with E-state index >= 15 is 0 Å². The third kappa shape index (κ3) is 12.1. The molecule has 0 unspecified atom stereocenters. The molecule has 0 N–H and O–H groups in total. The fraction of sp³-hybridized carbons (Fsp3) is 0.727. The van der Waals surface area contributed by atoms with Gasteiger partial charge in [0, 0.05) is 25.0 Å². The Hall–Kier alpha value is -1.36. The highest BCUT2D eigenvalue weighted by molar-refractivity contribution is 4.97. The lowest BCUT2D eigenvalue weighted by molar-refractivity contribution is -0.704. The Balaban J connectivity index is 0.00000254. The summed E-state index contributed by atoms with van der Waals surface area (Å²) in [6.07, 6.45) is 20.3. The summed E-state index contributed by atoms with van der Waals surface area (Å²) in [5, 5.41) is 6.25. The van der Waals surface area contributed by atoms with E-state index in [9.17, 15) is 0 Å². The minimum Gasteiger partial charge on any atom is -0.512 e. The van der Waals surface area contributed by atoms with E-state index in [-0.39, 0.29) is 0 Å². The zero-order valence-corrected chi connectivity index (χ0v) is 16.1. The summed E-state index contributed by atoms with van der Waals surface area (Å²) in [5.74, 6) is 0. The van der Waals surface area contributed by atoms with Crippen LogP contribution in [0, 0.1) is 11.8 Å². The number of aromatic nitrogens is 1. The van der Waals surface area contributed by atoms with Crippen molar-refractivity contribution in [2.75, 3.05) is 0 Å². The first kappa shape index (κ1) is 22.6. The second-order valence-corrected chi connectivity index (χ2v) is 6.67. The van der Waals surface area contributed by atoms with E-state index in [4.69, 9.17) is 11.8 Å². The highest BCUT2D eigenvalue weighted by Gasteiger charge is 2.08. The molecule has 1 heterocycles. The molecule has 0 radical (unpaired) electrons. The average molecular weight is 331 g/mol. The second kappa shape index (κ2) is 18.0. The second-order valence-electron chi connectivity index (χ2n) is 6.67. The van der Waals surface area contributed by atoms with E-state index in [2.05, 4.69) is 42.8 Å². The van der Waals surface area contributed by atoms with E-state index in [1.165, 1.54) is 95.7 Å². The monoisotopic (exact) mass is 330 g/mol. The largest absolute Gasteiger partial charge is 0.512 e. The molecule has 0 fully saturated rings. The summed E-state index contributed by atoms with van der Waals surface area (Å²) in [6.45, 7) is 10.5. The summed E-state index contributed by atoms with van der Waals surface area (Å²) < 4.78 is 2.47. The summed E-state index contributed by atoms with van der Waals surface area (Å²) in [4.78, 5) is 0. The molecule has 0 atom stereocenters. The predicted octanol–water partition coefficient (Wildman–Crippen LogP) is 6.33. The Morgan fingerprint density at radius 3 is 1.88 bits per heavy atom. The minimum absolute atomic E-state index is 1.20. The molecule has 0 aliphatic rings. The Morgan fingerprint density at radius 2 is 1.29 bits per heavy atom. The molecular formula is C22H38N2. The van der Waals surface area contributed by atoms with Gasteiger partial charge in [-0.1, -0.05) is 77.7 Å². The van der Waals surface area contributed by atoms with Crippen LogP contribution in [-0.2, 0) is 13.0 Å². The van der Waals surface area contributed by atoms with Crippen molar-refractivity contribution in [2.45, 2.75) is 104 Å². The molecule has 0 amide bonds. The van der Waals surface area contributed by atoms with Gasteiger partial charge in [0.1, 0.15) is 6.54 Å². The lowest BCUT2D eigenvalue weighted by Crippen LogP contribution is -2.37. The van der Waals surface area contributed by atoms with Crippen molar-refractivity contribution in [3.05, 3.63) is 36.7 Å². The smallest absolute Gasteiger partial charge is 0.181 e. The maximum Gasteiger partial charge on any atom is 0.181 e. The van der Waals surface area contributed by atoms with Crippen LogP contribution >= 0.6 is 0 Å². The van der Waals surface area contributed by atoms with E-state index in [1.807, 2.05) is 0 Å². The van der Waals surface area contributed by atoms with Crippen LogP contribution in [-0.4, -0.2) is 0 Å². The Bertz CT molecular complexity index is 398. The van der Waals surface area contributed by atoms with Gasteiger partial charge in [0.05, 0.1) is 0 Å². The van der Waals surface area contributed by atoms with Crippen LogP contribution in [0.25, 0.3) is 0 Å². The van der Waals surface area contributed by atoms with Crippen molar-refractivity contribution in [1.82, 2.24) is 0 Å². The third-order valence-corrected chi connectivity index (χ3v) is 4.57. The van der Waals surface area contributed by atoms with Gasteiger partial charge in [0.15, 0.2) is 11.9 Å². The van der Waals surface area contributed by atoms with Crippen LogP contribution in [0.3, 0.4) is 0 Å². The van der Waals surface area contributed by atoms with Crippen LogP contribution in [0.4, 0.5) is 0 Å². The lowest BCUT2D eigenvalue weighted by Gasteiger charge is -2.04. The van der Waals surface area contributed by atoms with Crippen LogP contribution in [0.2, 0.25) is 0 Å². The Morgan fingerprint density at radius 1 is 0.750 bits per heavy atom. The number of hydrogen-bond donors (Lipinski definition) is 0. The molecule has 0 aliphatic carbocycles. The lowest BCUT2D eigenvalue weighted by atomic mass is 10.1. The molecule has 0 aliphatic heterocycles. The SMILES string of the molecule is CCCCCCCCCCCC[n+]1ccccc1CCCC.[C-]#N. The highest BCUT2D eigenvalue weighted by atomic mass is 14.9. The first-order chi connectivity index (χ1) is 11.9. The van der Waals surface area contributed by atoms with E-state index < -0.39 is 0 Å². The van der Waals surface area contributed by atoms with Gasteiger partial charge in [-0.15, -0.1) is 0 Å². The number of hydrogen-bond acceptors (Lipinski definition) is 1. The van der Waals surface area contributed by atoms with Gasteiger partial charge in [0.25, 0.3) is 0 Å². The fourth-order valence-electron chi connectivity index (χ4n) is 3.08. The Kier molecular flexibility index (Phi) is 17.0. The first-order valence-electron chi connectivity index (χ1n) is 10.1. The van der Waals surface area contributed by atoms with Crippen molar-refractivity contribution >= 4 is 0 Å². The fourth-order valence-corrected chi connectivity index (χ4v) is 3.08. The summed E-state index contributed by atoms with van der Waals surface area (Å²) >= 11 is 0. The van der Waals surface area contributed by atoms with E-state index in [0.717, 1.165) is 0 Å². The first-order valence-corrected chi connectivity index (χ1v) is 10.1. The zero-order chi connectivity index (χ0) is 17.9. The molecule has 0 saturated carbocycles. The molecular weight excluding hydrogens is 292 g/mol. The van der Waals surface area contributed by atoms with Gasteiger partial charge in [0.2, 0.25) is 0 Å². The van der Waals surface area contributed by atoms with Crippen LogP contribution in [0.5, 0.6) is 0 Å². The summed E-state index contributed by atoms with van der Waals surface area (Å²) in [6, 6.07) is 6.65. The Labute approximate surface area is 150 Å². The maximum atomic E-state index is 6.25. The van der Waals surface area contributed by atoms with Gasteiger partial charge in [-0.05, 0) is 12.8 Å². The molecule has 24 heavy (non-hydrogen) atoms. The topological polar surface area (TPSA) is 27.7 Å². The third-order valence-electron chi connectivity index (χ3n) is 4.57. The summed E-state index contributed by atoms with van der Waals surface area (Å²) in [7, 11) is 0. The number of pyridine rings is 1. The molecule has 0 saturated heterocycles. The zero-order valence-electron chi connectivity index (χ0n) is 16.1. The van der Waals surface area contributed by atoms with Gasteiger partial charge in [-0.3, -0.25) is 0 Å². The highest BCUT2D eigenvalue weighted by Crippen LogP contribution is 2.10. The molecule has 0 bridgehead atoms. The standard InChI is InChI=1S/C21H38N.CN/c1-3-5-7-8-9-10-11-12-13-15-19-22-20-16-14-18-21(22)17-6-4-2;1-2/h14,16,18,20H,3-13,15,17,19H2,1-2H3;/q+1;-1. The van der Waals surface area contributed by atoms with Crippen molar-refractivity contribution in [3.8, 4) is 0 Å². The molecule has 136 valence electrons. The minimum atomic E-state index is 1.20. The molecule has 0 spiro atoms. The van der Waals surface area contributed by atoms with Gasteiger partial charge < -0.3 is 11.8 Å². The van der Waals surface area contributed by atoms with Crippen molar-refractivity contribution in [3.63, 3.8) is 0 Å². The van der Waals surface area contributed by atoms with E-state index in [1.54, 1.807) is 0 Å². The van der Waals surface area contributed by atoms with Gasteiger partial charge in [-0.2, -0.15) is 0 Å². The number of unbranched alkanes of at least 4 members (excludes halogenated alkanes) is 10. The molecule has 1 aromatic rings. The molecule has 1 rings (SSSR count). The summed E-state index contributed by atoms with van der Waals surface area (Å²) in [5.41, 5.74) is 1.51. The number of nitrogens with zero attached hydrogens (tertiary/aromatic N) is 2. The number of aryl methyl sites for hydroxylation is 2. The predicted molar refractivity (Wildman–Crippen MR) is 102 cm³/mol. The van der Waals surface area contributed by atoms with Crippen molar-refractivity contribution in [1.29, 1.82) is 5.26 Å². The maximum absolute atomic E-state index is 6.25. The van der Waals surface area contributed by atoms with Crippen LogP contribution < -0.4 is 4.57 Å². The van der Waals surface area contributed by atoms with Crippen LogP contribution in [0.1, 0.15) is 96.6 Å². The van der Waals surface area contributed by atoms with Gasteiger partial charge >= 0.3 is 0 Å². The van der Waals surface area contributed by atoms with Crippen molar-refractivity contribution in [2.24, 2.45) is 0 Å². The quantitative estimate of drug-likeness (QED) is 0.222. The van der Waals surface area contributed by atoms with Gasteiger partial charge in [-0.25, -0.2) is 4.57 Å².